The summed E-state index contributed by atoms with van der Waals surface area (Å²) in [4.78, 5) is 1.47. The molecule has 0 aliphatic heterocycles. The van der Waals surface area contributed by atoms with Crippen LogP contribution in [0.4, 0.5) is 18.9 Å². The van der Waals surface area contributed by atoms with Gasteiger partial charge in [0.1, 0.15) is 6.54 Å². The Morgan fingerprint density at radius 2 is 2.00 bits per heavy atom. The third-order valence-corrected chi connectivity index (χ3v) is 3.54. The Hall–Kier alpha value is -1.23. The number of rotatable bonds is 5. The van der Waals surface area contributed by atoms with E-state index < -0.39 is 12.7 Å². The van der Waals surface area contributed by atoms with Gasteiger partial charge in [-0.1, -0.05) is 6.07 Å². The predicted octanol–water partition coefficient (Wildman–Crippen LogP) is 3.42. The normalized spacial score (nSPS) is 17.1. The molecule has 112 valence electrons. The Labute approximate surface area is 117 Å². The fraction of sp³-hybridized carbons (Fsp3) is 0.600. The second-order valence-corrected chi connectivity index (χ2v) is 5.77. The first kappa shape index (κ1) is 15.2. The van der Waals surface area contributed by atoms with Crippen LogP contribution in [0.15, 0.2) is 18.2 Å². The molecule has 0 radical (unpaired) electrons. The van der Waals surface area contributed by atoms with Crippen molar-refractivity contribution in [3.8, 4) is 0 Å². The molecule has 1 aromatic carbocycles. The van der Waals surface area contributed by atoms with Crippen LogP contribution in [0.5, 0.6) is 0 Å². The summed E-state index contributed by atoms with van der Waals surface area (Å²) in [5.41, 5.74) is 8.55. The minimum absolute atomic E-state index is 0.0373. The summed E-state index contributed by atoms with van der Waals surface area (Å²) in [6.45, 7) is 2.98. The molecule has 0 heterocycles. The standard InChI is InChI=1S/C15H21F3N2/c1-10-7-14(4-3-12(10)8-11(2)19)20(13-5-6-13)9-15(16,17)18/h3-4,7,11,13H,5-6,8-9,19H2,1-2H3. The maximum absolute atomic E-state index is 12.7. The zero-order valence-electron chi connectivity index (χ0n) is 11.9. The first-order valence-electron chi connectivity index (χ1n) is 6.95. The maximum Gasteiger partial charge on any atom is 0.405 e. The van der Waals surface area contributed by atoms with Gasteiger partial charge in [0.05, 0.1) is 0 Å². The van der Waals surface area contributed by atoms with Crippen molar-refractivity contribution in [2.45, 2.75) is 51.4 Å². The van der Waals surface area contributed by atoms with Gasteiger partial charge in [-0.05, 0) is 56.4 Å². The molecule has 2 N–H and O–H groups in total. The third-order valence-electron chi connectivity index (χ3n) is 3.54. The van der Waals surface area contributed by atoms with E-state index in [1.807, 2.05) is 26.0 Å². The van der Waals surface area contributed by atoms with E-state index in [0.717, 1.165) is 30.4 Å². The van der Waals surface area contributed by atoms with Gasteiger partial charge >= 0.3 is 6.18 Å². The number of halogens is 3. The molecule has 1 atom stereocenters. The van der Waals surface area contributed by atoms with E-state index in [1.54, 1.807) is 6.07 Å². The fourth-order valence-corrected chi connectivity index (χ4v) is 2.45. The van der Waals surface area contributed by atoms with Crippen LogP contribution in [-0.4, -0.2) is 24.8 Å². The van der Waals surface area contributed by atoms with Gasteiger partial charge in [0.15, 0.2) is 0 Å². The number of anilines is 1. The highest BCUT2D eigenvalue weighted by Gasteiger charge is 2.38. The summed E-state index contributed by atoms with van der Waals surface area (Å²) >= 11 is 0. The van der Waals surface area contributed by atoms with Gasteiger partial charge < -0.3 is 10.6 Å². The number of nitrogens with two attached hydrogens (primary N) is 1. The van der Waals surface area contributed by atoms with Gasteiger partial charge in [0, 0.05) is 17.8 Å². The molecule has 1 aromatic rings. The SMILES string of the molecule is Cc1cc(N(CC(F)(F)F)C2CC2)ccc1CC(C)N. The van der Waals surface area contributed by atoms with E-state index in [2.05, 4.69) is 0 Å². The van der Waals surface area contributed by atoms with Gasteiger partial charge in [-0.15, -0.1) is 0 Å². The Bertz CT molecular complexity index is 465. The number of aryl methyl sites for hydroxylation is 1. The Morgan fingerprint density at radius 3 is 2.45 bits per heavy atom. The van der Waals surface area contributed by atoms with E-state index in [4.69, 9.17) is 5.73 Å². The van der Waals surface area contributed by atoms with Crippen LogP contribution in [0.2, 0.25) is 0 Å². The number of nitrogens with zero attached hydrogens (tertiary/aromatic N) is 1. The van der Waals surface area contributed by atoms with Crippen molar-refractivity contribution in [1.29, 1.82) is 0 Å². The lowest BCUT2D eigenvalue weighted by Crippen LogP contribution is -2.36. The molecule has 20 heavy (non-hydrogen) atoms. The second-order valence-electron chi connectivity index (χ2n) is 5.77. The topological polar surface area (TPSA) is 29.3 Å². The van der Waals surface area contributed by atoms with Crippen LogP contribution >= 0.6 is 0 Å². The van der Waals surface area contributed by atoms with Gasteiger partial charge in [-0.25, -0.2) is 0 Å². The number of hydrogen-bond acceptors (Lipinski definition) is 2. The van der Waals surface area contributed by atoms with E-state index >= 15 is 0 Å². The molecule has 0 amide bonds. The van der Waals surface area contributed by atoms with Crippen LogP contribution in [0.3, 0.4) is 0 Å². The molecule has 2 rings (SSSR count). The van der Waals surface area contributed by atoms with Crippen molar-refractivity contribution >= 4 is 5.69 Å². The van der Waals surface area contributed by atoms with Gasteiger partial charge in [0.2, 0.25) is 0 Å². The lowest BCUT2D eigenvalue weighted by atomic mass is 10.0. The van der Waals surface area contributed by atoms with Crippen LogP contribution in [0.1, 0.15) is 30.9 Å². The van der Waals surface area contributed by atoms with Crippen molar-refractivity contribution in [2.75, 3.05) is 11.4 Å². The Kier molecular flexibility index (Phi) is 4.28. The van der Waals surface area contributed by atoms with Gasteiger partial charge in [-0.3, -0.25) is 0 Å². The van der Waals surface area contributed by atoms with E-state index in [9.17, 15) is 13.2 Å². The highest BCUT2D eigenvalue weighted by atomic mass is 19.4. The van der Waals surface area contributed by atoms with Gasteiger partial charge in [0.25, 0.3) is 0 Å². The summed E-state index contributed by atoms with van der Waals surface area (Å²) in [6.07, 6.45) is -1.73. The lowest BCUT2D eigenvalue weighted by molar-refractivity contribution is -0.120. The summed E-state index contributed by atoms with van der Waals surface area (Å²) in [6, 6.07) is 5.63. The molecule has 0 spiro atoms. The summed E-state index contributed by atoms with van der Waals surface area (Å²) in [5.74, 6) is 0. The number of hydrogen-bond donors (Lipinski definition) is 1. The Morgan fingerprint density at radius 1 is 1.35 bits per heavy atom. The predicted molar refractivity (Wildman–Crippen MR) is 75.0 cm³/mol. The molecule has 1 aliphatic carbocycles. The third kappa shape index (κ3) is 4.13. The van der Waals surface area contributed by atoms with E-state index in [0.29, 0.717) is 5.69 Å². The molecular formula is C15H21F3N2. The maximum atomic E-state index is 12.7. The second kappa shape index (κ2) is 5.64. The van der Waals surface area contributed by atoms with Crippen molar-refractivity contribution in [3.63, 3.8) is 0 Å². The minimum Gasteiger partial charge on any atom is -0.360 e. The molecule has 2 nitrogen and oxygen atoms in total. The Balaban J connectivity index is 2.19. The van der Waals surface area contributed by atoms with E-state index in [-0.39, 0.29) is 12.1 Å². The molecule has 1 aliphatic rings. The van der Waals surface area contributed by atoms with Gasteiger partial charge in [-0.2, -0.15) is 13.2 Å². The average Bonchev–Trinajstić information content (AvgIpc) is 3.11. The monoisotopic (exact) mass is 286 g/mol. The molecule has 1 unspecified atom stereocenters. The van der Waals surface area contributed by atoms with Crippen LogP contribution in [0.25, 0.3) is 0 Å². The lowest BCUT2D eigenvalue weighted by Gasteiger charge is -2.26. The van der Waals surface area contributed by atoms with Crippen molar-refractivity contribution in [2.24, 2.45) is 5.73 Å². The quantitative estimate of drug-likeness (QED) is 0.898. The molecule has 5 heteroatoms. The highest BCUT2D eigenvalue weighted by molar-refractivity contribution is 5.53. The van der Waals surface area contributed by atoms with Crippen LogP contribution in [0, 0.1) is 6.92 Å². The zero-order chi connectivity index (χ0) is 14.9. The first-order valence-corrected chi connectivity index (χ1v) is 6.95. The fourth-order valence-electron chi connectivity index (χ4n) is 2.45. The van der Waals surface area contributed by atoms with Crippen LogP contribution in [-0.2, 0) is 6.42 Å². The zero-order valence-corrected chi connectivity index (χ0v) is 11.9. The van der Waals surface area contributed by atoms with Crippen molar-refractivity contribution < 1.29 is 13.2 Å². The largest absolute Gasteiger partial charge is 0.405 e. The van der Waals surface area contributed by atoms with Crippen LogP contribution < -0.4 is 10.6 Å². The van der Waals surface area contributed by atoms with E-state index in [1.165, 1.54) is 4.90 Å². The first-order chi connectivity index (χ1) is 9.26. The minimum atomic E-state index is -4.17. The van der Waals surface area contributed by atoms with Crippen molar-refractivity contribution in [3.05, 3.63) is 29.3 Å². The number of benzene rings is 1. The number of alkyl halides is 3. The average molecular weight is 286 g/mol. The molecule has 0 aromatic heterocycles. The molecule has 1 saturated carbocycles. The molecule has 0 saturated heterocycles. The summed E-state index contributed by atoms with van der Waals surface area (Å²) in [5, 5.41) is 0. The summed E-state index contributed by atoms with van der Waals surface area (Å²) in [7, 11) is 0. The molecule has 1 fully saturated rings. The molecular weight excluding hydrogens is 265 g/mol. The molecule has 0 bridgehead atoms. The summed E-state index contributed by atoms with van der Waals surface area (Å²) < 4.78 is 38.0. The smallest absolute Gasteiger partial charge is 0.360 e. The highest BCUT2D eigenvalue weighted by Crippen LogP contribution is 2.35. The van der Waals surface area contributed by atoms with Crippen molar-refractivity contribution in [1.82, 2.24) is 0 Å².